The van der Waals surface area contributed by atoms with Crippen molar-refractivity contribution in [2.75, 3.05) is 12.3 Å². The first-order valence-corrected chi connectivity index (χ1v) is 12.6. The zero-order valence-corrected chi connectivity index (χ0v) is 21.3. The third-order valence-corrected chi connectivity index (χ3v) is 6.56. The first-order valence-electron chi connectivity index (χ1n) is 10.9. The molecule has 0 aromatic carbocycles. The van der Waals surface area contributed by atoms with Crippen LogP contribution in [-0.4, -0.2) is 12.3 Å². The lowest BCUT2D eigenvalue weighted by Gasteiger charge is -2.19. The smallest absolute Gasteiger partial charge is 0.0934 e. The summed E-state index contributed by atoms with van der Waals surface area (Å²) in [5.74, 6) is 18.2. The summed E-state index contributed by atoms with van der Waals surface area (Å²) in [5, 5.41) is 0.901. The van der Waals surface area contributed by atoms with Crippen molar-refractivity contribution in [1.82, 2.24) is 0 Å². The zero-order chi connectivity index (χ0) is 26.0. The summed E-state index contributed by atoms with van der Waals surface area (Å²) in [6, 6.07) is 0. The fourth-order valence-corrected chi connectivity index (χ4v) is 5.13. The summed E-state index contributed by atoms with van der Waals surface area (Å²) in [5.41, 5.74) is 34.6. The summed E-state index contributed by atoms with van der Waals surface area (Å²) < 4.78 is 0. The van der Waals surface area contributed by atoms with E-state index >= 15 is 0 Å². The molecule has 1 heteroatoms. The van der Waals surface area contributed by atoms with Gasteiger partial charge in [-0.2, -0.15) is 0 Å². The topological polar surface area (TPSA) is 0 Å². The molecule has 0 radical (unpaired) electrons. The minimum Gasteiger partial charge on any atom is -0.106 e. The summed E-state index contributed by atoms with van der Waals surface area (Å²) in [7, 11) is -0.612. The predicted octanol–water partition coefficient (Wildman–Crippen LogP) is 7.20. The van der Waals surface area contributed by atoms with Crippen molar-refractivity contribution < 1.29 is 0 Å². The van der Waals surface area contributed by atoms with Gasteiger partial charge in [-0.15, -0.1) is 6.42 Å². The molecule has 0 rings (SSSR count). The average molecular weight is 465 g/mol. The third-order valence-electron chi connectivity index (χ3n) is 3.88. The molecule has 0 fully saturated rings. The van der Waals surface area contributed by atoms with Gasteiger partial charge >= 0.3 is 0 Å². The Labute approximate surface area is 212 Å². The highest BCUT2D eigenvalue weighted by molar-refractivity contribution is 7.62. The van der Waals surface area contributed by atoms with Gasteiger partial charge in [0.2, 0.25) is 0 Å². The quantitative estimate of drug-likeness (QED) is 0.147. The molecule has 0 amide bonds. The molecular formula is C34H25P. The van der Waals surface area contributed by atoms with E-state index in [1.54, 1.807) is 0 Å². The summed E-state index contributed by atoms with van der Waals surface area (Å²) in [4.78, 5) is 0. The molecule has 0 saturated heterocycles. The molecule has 0 atom stereocenters. The molecular weight excluding hydrogens is 439 g/mol. The Balaban J connectivity index is 7.63. The molecule has 0 heterocycles. The number of allylic oxidation sites excluding steroid dienone is 3. The van der Waals surface area contributed by atoms with Crippen LogP contribution in [0, 0.1) is 47.9 Å². The standard InChI is InChI=1S/C34H25P/c1-7-13-19-21-22-25-27-32(26-24-20-14-8-2)33(28-23-15-9-3)34(29-16-10-4)35(30-17-11-5)31-18-12-6/h1H,2-4,11-12,17-18,30-31H2,5-6H3. The minimum atomic E-state index is -0.612. The molecule has 0 nitrogen and oxygen atoms in total. The Kier molecular flexibility index (Phi) is 19.4. The molecule has 0 unspecified atom stereocenters. The maximum atomic E-state index is 5.11. The Morgan fingerprint density at radius 3 is 1.83 bits per heavy atom. The van der Waals surface area contributed by atoms with E-state index in [4.69, 9.17) is 6.42 Å². The van der Waals surface area contributed by atoms with Gasteiger partial charge in [-0.25, -0.2) is 0 Å². The second-order valence-corrected chi connectivity index (χ2v) is 8.76. The van der Waals surface area contributed by atoms with Gasteiger partial charge in [0.1, 0.15) is 0 Å². The molecule has 35 heavy (non-hydrogen) atoms. The van der Waals surface area contributed by atoms with Crippen LogP contribution in [0.1, 0.15) is 39.5 Å². The Hall–Kier alpha value is -4.75. The maximum Gasteiger partial charge on any atom is 0.0934 e. The van der Waals surface area contributed by atoms with Crippen LogP contribution in [0.5, 0.6) is 0 Å². The van der Waals surface area contributed by atoms with Gasteiger partial charge < -0.3 is 0 Å². The van der Waals surface area contributed by atoms with Crippen LogP contribution in [0.4, 0.5) is 0 Å². The monoisotopic (exact) mass is 464 g/mol. The normalized spacial score (nSPS) is 6.91. The van der Waals surface area contributed by atoms with E-state index in [0.717, 1.165) is 43.3 Å². The van der Waals surface area contributed by atoms with E-state index < -0.39 is 7.92 Å². The van der Waals surface area contributed by atoms with Crippen LogP contribution in [0.2, 0.25) is 0 Å². The maximum absolute atomic E-state index is 5.11. The first kappa shape index (κ1) is 30.2. The van der Waals surface area contributed by atoms with Crippen molar-refractivity contribution in [1.29, 1.82) is 0 Å². The molecule has 166 valence electrons. The SMILES string of the molecule is C#CC#CC#CC#CC(=C=C=C=C=C=C)C(=C=C=C=C=C)C(=C=C=C=C)P(CCCC)CCCC. The van der Waals surface area contributed by atoms with Crippen molar-refractivity contribution >= 4 is 7.92 Å². The van der Waals surface area contributed by atoms with Crippen molar-refractivity contribution in [3.63, 3.8) is 0 Å². The van der Waals surface area contributed by atoms with Gasteiger partial charge in [-0.05, 0) is 132 Å². The van der Waals surface area contributed by atoms with Gasteiger partial charge in [0.25, 0.3) is 0 Å². The molecule has 0 spiro atoms. The molecule has 0 aliphatic rings. The summed E-state index contributed by atoms with van der Waals surface area (Å²) in [6.07, 6.45) is 11.5. The highest BCUT2D eigenvalue weighted by Crippen LogP contribution is 2.50. The Bertz CT molecular complexity index is 1500. The molecule has 0 aliphatic carbocycles. The van der Waals surface area contributed by atoms with Crippen LogP contribution < -0.4 is 0 Å². The molecule has 0 N–H and O–H groups in total. The molecule has 0 aliphatic heterocycles. The second kappa shape index (κ2) is 22.4. The van der Waals surface area contributed by atoms with Gasteiger partial charge in [-0.1, -0.05) is 57.5 Å². The van der Waals surface area contributed by atoms with Crippen LogP contribution in [0.15, 0.2) is 105 Å². The van der Waals surface area contributed by atoms with Gasteiger partial charge in [0.05, 0.1) is 11.1 Å². The van der Waals surface area contributed by atoms with E-state index in [1.165, 1.54) is 0 Å². The third kappa shape index (κ3) is 14.8. The first-order chi connectivity index (χ1) is 17.2. The van der Waals surface area contributed by atoms with Crippen LogP contribution >= 0.6 is 7.92 Å². The number of rotatable bonds is 9. The largest absolute Gasteiger partial charge is 0.106 e. The minimum absolute atomic E-state index is 0.454. The highest BCUT2D eigenvalue weighted by Gasteiger charge is 2.19. The number of hydrogen-bond donors (Lipinski definition) is 0. The average Bonchev–Trinajstić information content (AvgIpc) is 2.87. The highest BCUT2D eigenvalue weighted by atomic mass is 31.1. The molecule has 0 aromatic heterocycles. The number of hydrogen-bond acceptors (Lipinski definition) is 0. The van der Waals surface area contributed by atoms with Gasteiger partial charge in [0.15, 0.2) is 0 Å². The number of unbranched alkanes of at least 4 members (excludes halogenated alkanes) is 2. The molecule has 0 saturated carbocycles. The summed E-state index contributed by atoms with van der Waals surface area (Å²) in [6.45, 7) is 15.0. The second-order valence-electron chi connectivity index (χ2n) is 6.34. The Morgan fingerprint density at radius 2 is 1.23 bits per heavy atom. The fraction of sp³-hybridized carbons (Fsp3) is 0.235. The van der Waals surface area contributed by atoms with E-state index in [2.05, 4.69) is 144 Å². The van der Waals surface area contributed by atoms with Gasteiger partial charge in [0, 0.05) is 5.31 Å². The lowest BCUT2D eigenvalue weighted by Crippen LogP contribution is -1.98. The van der Waals surface area contributed by atoms with Crippen LogP contribution in [-0.2, 0) is 0 Å². The van der Waals surface area contributed by atoms with Crippen LogP contribution in [0.3, 0.4) is 0 Å². The van der Waals surface area contributed by atoms with Crippen LogP contribution in [0.25, 0.3) is 0 Å². The molecule has 0 bridgehead atoms. The summed E-state index contributed by atoms with van der Waals surface area (Å²) >= 11 is 0. The van der Waals surface area contributed by atoms with Gasteiger partial charge in [-0.3, -0.25) is 0 Å². The van der Waals surface area contributed by atoms with E-state index in [9.17, 15) is 0 Å². The van der Waals surface area contributed by atoms with E-state index in [1.807, 2.05) is 0 Å². The zero-order valence-electron chi connectivity index (χ0n) is 20.4. The predicted molar refractivity (Wildman–Crippen MR) is 148 cm³/mol. The lowest BCUT2D eigenvalue weighted by molar-refractivity contribution is 0.869. The molecule has 0 aromatic rings. The Morgan fingerprint density at radius 1 is 0.657 bits per heavy atom. The van der Waals surface area contributed by atoms with Crippen molar-refractivity contribution in [3.05, 3.63) is 105 Å². The van der Waals surface area contributed by atoms with E-state index in [-0.39, 0.29) is 0 Å². The van der Waals surface area contributed by atoms with Crippen molar-refractivity contribution in [2.24, 2.45) is 0 Å². The fourth-order valence-electron chi connectivity index (χ4n) is 2.36. The van der Waals surface area contributed by atoms with E-state index in [0.29, 0.717) is 11.1 Å². The van der Waals surface area contributed by atoms with Crippen molar-refractivity contribution in [3.8, 4) is 47.9 Å². The van der Waals surface area contributed by atoms with Crippen molar-refractivity contribution in [2.45, 2.75) is 39.5 Å². The lowest BCUT2D eigenvalue weighted by atomic mass is 10.1. The number of terminal acetylenes is 1.